The molecule has 0 bridgehead atoms. The lowest BCUT2D eigenvalue weighted by molar-refractivity contribution is -0.961. The number of nitrogens with one attached hydrogen (secondary N) is 2. The first-order valence-corrected chi connectivity index (χ1v) is 7.94. The summed E-state index contributed by atoms with van der Waals surface area (Å²) in [5.74, 6) is -0.536. The third kappa shape index (κ3) is 4.59. The second-order valence-electron chi connectivity index (χ2n) is 5.71. The molecule has 24 heavy (non-hydrogen) atoms. The number of hydrogen-bond acceptors (Lipinski definition) is 5. The van der Waals surface area contributed by atoms with Crippen molar-refractivity contribution in [2.24, 2.45) is 0 Å². The van der Waals surface area contributed by atoms with Gasteiger partial charge in [0.1, 0.15) is 43.7 Å². The minimum Gasteiger partial charge on any atom is -0.544 e. The maximum Gasteiger partial charge on any atom is 0.230 e. The lowest BCUT2D eigenvalue weighted by atomic mass is 10.1. The fraction of sp³-hybridized carbons (Fsp3) is 0.500. The summed E-state index contributed by atoms with van der Waals surface area (Å²) in [4.78, 5) is 24.6. The number of methoxy groups -OCH3 is 2. The first-order chi connectivity index (χ1) is 11.5. The number of quaternary nitrogens is 2. The predicted molar refractivity (Wildman–Crippen MR) is 83.9 cm³/mol. The molecule has 1 saturated heterocycles. The van der Waals surface area contributed by atoms with Crippen LogP contribution in [0.1, 0.15) is 6.42 Å². The number of carboxylic acids is 1. The van der Waals surface area contributed by atoms with Gasteiger partial charge in [-0.1, -0.05) is 0 Å². The third-order valence-electron chi connectivity index (χ3n) is 4.19. The molecule has 8 heteroatoms. The van der Waals surface area contributed by atoms with Crippen LogP contribution in [0.4, 0.5) is 5.69 Å². The van der Waals surface area contributed by atoms with Crippen LogP contribution in [0.3, 0.4) is 0 Å². The molecule has 4 N–H and O–H groups in total. The van der Waals surface area contributed by atoms with Crippen molar-refractivity contribution in [1.82, 2.24) is 0 Å². The number of piperazine rings is 1. The molecule has 2 rings (SSSR count). The van der Waals surface area contributed by atoms with Crippen molar-refractivity contribution in [3.8, 4) is 11.5 Å². The van der Waals surface area contributed by atoms with Crippen molar-refractivity contribution in [2.45, 2.75) is 12.5 Å². The highest BCUT2D eigenvalue weighted by molar-refractivity contribution is 5.94. The quantitative estimate of drug-likeness (QED) is 0.481. The number of benzene rings is 1. The number of ether oxygens (including phenoxy) is 2. The molecule has 1 atom stereocenters. The molecule has 1 fully saturated rings. The van der Waals surface area contributed by atoms with Crippen LogP contribution >= 0.6 is 0 Å². The minimum absolute atomic E-state index is 0.141. The number of anilines is 1. The first-order valence-electron chi connectivity index (χ1n) is 7.94. The van der Waals surface area contributed by atoms with Crippen LogP contribution in [0.2, 0.25) is 0 Å². The molecule has 0 radical (unpaired) electrons. The van der Waals surface area contributed by atoms with Gasteiger partial charge in [0, 0.05) is 6.07 Å². The summed E-state index contributed by atoms with van der Waals surface area (Å²) < 4.78 is 10.3. The van der Waals surface area contributed by atoms with E-state index in [1.165, 1.54) is 14.2 Å². The van der Waals surface area contributed by atoms with E-state index in [2.05, 4.69) is 10.6 Å². The Kier molecular flexibility index (Phi) is 6.39. The fourth-order valence-electron chi connectivity index (χ4n) is 2.89. The Balaban J connectivity index is 2.06. The Morgan fingerprint density at radius 1 is 1.29 bits per heavy atom. The molecule has 0 aromatic heterocycles. The van der Waals surface area contributed by atoms with Crippen LogP contribution in [0.25, 0.3) is 0 Å². The molecule has 132 valence electrons. The zero-order chi connectivity index (χ0) is 17.5. The van der Waals surface area contributed by atoms with Gasteiger partial charge in [0.2, 0.25) is 5.91 Å². The maximum absolute atomic E-state index is 12.3. The lowest BCUT2D eigenvalue weighted by Gasteiger charge is -2.30. The first kappa shape index (κ1) is 18.0. The number of amides is 1. The van der Waals surface area contributed by atoms with Gasteiger partial charge in [0.05, 0.1) is 32.3 Å². The van der Waals surface area contributed by atoms with Crippen molar-refractivity contribution in [2.75, 3.05) is 45.7 Å². The summed E-state index contributed by atoms with van der Waals surface area (Å²) in [5.41, 5.74) is 0.445. The normalized spacial score (nSPS) is 16.2. The van der Waals surface area contributed by atoms with Crippen molar-refractivity contribution in [3.05, 3.63) is 18.2 Å². The van der Waals surface area contributed by atoms with Gasteiger partial charge in [-0.25, -0.2) is 0 Å². The minimum atomic E-state index is -1.19. The van der Waals surface area contributed by atoms with Crippen molar-refractivity contribution < 1.29 is 34.4 Å². The van der Waals surface area contributed by atoms with Gasteiger partial charge in [-0.3, -0.25) is 4.79 Å². The molecule has 1 aromatic rings. The Morgan fingerprint density at radius 2 is 2.00 bits per heavy atom. The van der Waals surface area contributed by atoms with E-state index < -0.39 is 17.9 Å². The maximum atomic E-state index is 12.3. The topological polar surface area (TPSA) is 109 Å². The Bertz CT molecular complexity index is 587. The number of rotatable bonds is 7. The number of aliphatic carboxylic acids is 1. The van der Waals surface area contributed by atoms with Gasteiger partial charge in [-0.2, -0.15) is 0 Å². The summed E-state index contributed by atoms with van der Waals surface area (Å²) in [6.45, 7) is 3.11. The van der Waals surface area contributed by atoms with Gasteiger partial charge in [0.25, 0.3) is 0 Å². The molecule has 1 aromatic carbocycles. The monoisotopic (exact) mass is 338 g/mol. The van der Waals surface area contributed by atoms with Gasteiger partial charge in [-0.05, 0) is 12.1 Å². The van der Waals surface area contributed by atoms with Crippen LogP contribution in [0, 0.1) is 0 Å². The Labute approximate surface area is 140 Å². The van der Waals surface area contributed by atoms with E-state index in [9.17, 15) is 14.7 Å². The third-order valence-corrected chi connectivity index (χ3v) is 4.19. The zero-order valence-electron chi connectivity index (χ0n) is 14.0. The van der Waals surface area contributed by atoms with E-state index in [-0.39, 0.29) is 6.42 Å². The average Bonchev–Trinajstić information content (AvgIpc) is 2.60. The molecule has 1 amide bonds. The molecule has 1 aliphatic rings. The van der Waals surface area contributed by atoms with Gasteiger partial charge < -0.3 is 34.9 Å². The molecule has 0 unspecified atom stereocenters. The number of hydrogen-bond donors (Lipinski definition) is 3. The molecule has 0 aliphatic carbocycles. The number of carbonyl (C=O) groups excluding carboxylic acids is 2. The van der Waals surface area contributed by atoms with Crippen LogP contribution in [0.5, 0.6) is 11.5 Å². The molecule has 0 spiro atoms. The molecular weight excluding hydrogens is 314 g/mol. The Morgan fingerprint density at radius 3 is 2.58 bits per heavy atom. The molecule has 8 nitrogen and oxygen atoms in total. The zero-order valence-corrected chi connectivity index (χ0v) is 14.0. The van der Waals surface area contributed by atoms with Gasteiger partial charge in [-0.15, -0.1) is 0 Å². The van der Waals surface area contributed by atoms with Gasteiger partial charge >= 0.3 is 0 Å². The highest BCUT2D eigenvalue weighted by Gasteiger charge is 2.29. The van der Waals surface area contributed by atoms with E-state index in [4.69, 9.17) is 9.47 Å². The van der Waals surface area contributed by atoms with E-state index in [1.54, 1.807) is 18.2 Å². The largest absolute Gasteiger partial charge is 0.544 e. The average molecular weight is 338 g/mol. The highest BCUT2D eigenvalue weighted by atomic mass is 16.5. The van der Waals surface area contributed by atoms with Crippen LogP contribution in [-0.4, -0.2) is 58.3 Å². The van der Waals surface area contributed by atoms with E-state index in [1.807, 2.05) is 0 Å². The predicted octanol–water partition coefficient (Wildman–Crippen LogP) is -3.39. The van der Waals surface area contributed by atoms with Crippen LogP contribution in [-0.2, 0) is 9.59 Å². The van der Waals surface area contributed by atoms with Crippen LogP contribution in [0.15, 0.2) is 18.2 Å². The Hall–Kier alpha value is -2.32. The lowest BCUT2D eigenvalue weighted by Crippen LogP contribution is -3.24. The second-order valence-corrected chi connectivity index (χ2v) is 5.71. The van der Waals surface area contributed by atoms with E-state index >= 15 is 0 Å². The molecular formula is C16H24N3O5+. The highest BCUT2D eigenvalue weighted by Crippen LogP contribution is 2.28. The van der Waals surface area contributed by atoms with Crippen molar-refractivity contribution >= 4 is 17.6 Å². The summed E-state index contributed by atoms with van der Waals surface area (Å²) in [6.07, 6.45) is -0.141. The summed E-state index contributed by atoms with van der Waals surface area (Å²) in [5, 5.41) is 16.3. The smallest absolute Gasteiger partial charge is 0.230 e. The number of nitrogens with two attached hydrogens (primary N) is 1. The summed E-state index contributed by atoms with van der Waals surface area (Å²) in [6, 6.07) is 4.17. The fourth-order valence-corrected chi connectivity index (χ4v) is 2.89. The van der Waals surface area contributed by atoms with Crippen molar-refractivity contribution in [3.63, 3.8) is 0 Å². The van der Waals surface area contributed by atoms with E-state index in [0.717, 1.165) is 18.0 Å². The summed E-state index contributed by atoms with van der Waals surface area (Å²) in [7, 11) is 3.02. The molecule has 1 heterocycles. The number of carbonyl (C=O) groups is 2. The summed E-state index contributed by atoms with van der Waals surface area (Å²) >= 11 is 0. The standard InChI is InChI=1S/C16H23N3O5/c1-23-11-3-4-14(24-2)12(9-11)18-15(20)10-13(16(21)22)19-7-5-17-6-8-19/h3-4,9,13,17H,5-8,10H2,1-2H3,(H,18,20)(H,21,22)/p+1/t13-/m0/s1. The van der Waals surface area contributed by atoms with Crippen LogP contribution < -0.4 is 30.1 Å². The van der Waals surface area contributed by atoms with Gasteiger partial charge in [0.15, 0.2) is 0 Å². The van der Waals surface area contributed by atoms with Crippen molar-refractivity contribution in [1.29, 1.82) is 0 Å². The second kappa shape index (κ2) is 8.51. The SMILES string of the molecule is COc1ccc(OC)c(NC(=O)C[C@@H](C(=O)[O-])[NH+]2CC[NH2+]CC2)c1. The molecule has 1 aliphatic heterocycles. The molecule has 0 saturated carbocycles. The van der Waals surface area contributed by atoms with E-state index in [0.29, 0.717) is 30.3 Å². The number of carboxylic acid groups (broad SMARTS) is 1.